The number of aliphatic hydroxyl groups is 1. The molecule has 5 rings (SSSR count). The molecule has 1 aliphatic heterocycles. The molecule has 2 aliphatic carbocycles. The van der Waals surface area contributed by atoms with Crippen LogP contribution in [0.25, 0.3) is 0 Å². The van der Waals surface area contributed by atoms with Crippen molar-refractivity contribution in [3.05, 3.63) is 52.1 Å². The van der Waals surface area contributed by atoms with Crippen molar-refractivity contribution in [3.63, 3.8) is 0 Å². The van der Waals surface area contributed by atoms with Crippen molar-refractivity contribution < 1.29 is 19.6 Å². The van der Waals surface area contributed by atoms with Crippen LogP contribution in [0.15, 0.2) is 36.4 Å². The second kappa shape index (κ2) is 10.6. The number of piperidine rings is 1. The first-order valence-electron chi connectivity index (χ1n) is 12.6. The Morgan fingerprint density at radius 2 is 1.89 bits per heavy atom. The highest BCUT2D eigenvalue weighted by Crippen LogP contribution is 2.54. The number of carbonyl (C=O) groups excluding carboxylic acids is 1. The van der Waals surface area contributed by atoms with Crippen LogP contribution in [-0.4, -0.2) is 47.5 Å². The summed E-state index contributed by atoms with van der Waals surface area (Å²) in [4.78, 5) is 26.7. The lowest BCUT2D eigenvalue weighted by Crippen LogP contribution is -2.35. The van der Waals surface area contributed by atoms with E-state index in [1.807, 2.05) is 18.2 Å². The van der Waals surface area contributed by atoms with Crippen molar-refractivity contribution in [2.45, 2.75) is 51.0 Å². The van der Waals surface area contributed by atoms with E-state index in [2.05, 4.69) is 14.9 Å². The van der Waals surface area contributed by atoms with Gasteiger partial charge in [-0.2, -0.15) is 0 Å². The van der Waals surface area contributed by atoms with Crippen LogP contribution in [0.2, 0.25) is 0 Å². The molecule has 0 aromatic heterocycles. The maximum atomic E-state index is 13.4. The van der Waals surface area contributed by atoms with Gasteiger partial charge in [-0.15, -0.1) is 0 Å². The van der Waals surface area contributed by atoms with E-state index in [1.54, 1.807) is 12.1 Å². The molecule has 2 aromatic rings. The van der Waals surface area contributed by atoms with Crippen LogP contribution in [0.3, 0.4) is 0 Å². The molecule has 0 radical (unpaired) electrons. The molecule has 36 heavy (non-hydrogen) atoms. The van der Waals surface area contributed by atoms with Crippen LogP contribution in [-0.2, 0) is 0 Å². The second-order valence-corrected chi connectivity index (χ2v) is 10.9. The van der Waals surface area contributed by atoms with Crippen molar-refractivity contribution in [2.75, 3.05) is 40.4 Å². The number of hydrogen-bond acceptors (Lipinski definition) is 8. The minimum Gasteiger partial charge on any atom is -0.483 e. The van der Waals surface area contributed by atoms with Gasteiger partial charge in [0.05, 0.1) is 28.9 Å². The summed E-state index contributed by atoms with van der Waals surface area (Å²) in [5, 5.41) is 23.5. The van der Waals surface area contributed by atoms with Crippen LogP contribution in [0.5, 0.6) is 5.75 Å². The quantitative estimate of drug-likeness (QED) is 0.172. The van der Waals surface area contributed by atoms with E-state index < -0.39 is 4.92 Å². The van der Waals surface area contributed by atoms with Crippen LogP contribution in [0, 0.1) is 15.5 Å². The number of carbonyl (C=O) groups is 1. The van der Waals surface area contributed by atoms with Gasteiger partial charge in [0.2, 0.25) is 0 Å². The molecule has 1 saturated heterocycles. The fourth-order valence-corrected chi connectivity index (χ4v) is 5.32. The molecule has 0 atom stereocenters. The minimum absolute atomic E-state index is 0.0149. The van der Waals surface area contributed by atoms with Gasteiger partial charge in [0.1, 0.15) is 0 Å². The number of amides is 1. The molecule has 0 unspecified atom stereocenters. The van der Waals surface area contributed by atoms with Crippen LogP contribution >= 0.6 is 11.9 Å². The Balaban J connectivity index is 1.37. The summed E-state index contributed by atoms with van der Waals surface area (Å²) < 4.78 is 9.09. The van der Waals surface area contributed by atoms with Crippen molar-refractivity contribution >= 4 is 40.6 Å². The van der Waals surface area contributed by atoms with Crippen molar-refractivity contribution in [2.24, 2.45) is 5.41 Å². The number of rotatable bonds is 10. The van der Waals surface area contributed by atoms with Gasteiger partial charge in [0.15, 0.2) is 5.75 Å². The molecule has 3 N–H and O–H groups in total. The Morgan fingerprint density at radius 3 is 2.53 bits per heavy atom. The first-order chi connectivity index (χ1) is 17.5. The second-order valence-electron chi connectivity index (χ2n) is 9.96. The molecule has 1 spiro atoms. The molecule has 0 bridgehead atoms. The number of hydrogen-bond donors (Lipinski definition) is 3. The third-order valence-corrected chi connectivity index (χ3v) is 8.27. The third-order valence-electron chi connectivity index (χ3n) is 7.51. The van der Waals surface area contributed by atoms with Crippen LogP contribution < -0.4 is 19.7 Å². The monoisotopic (exact) mass is 512 g/mol. The Labute approximate surface area is 214 Å². The molecule has 192 valence electrons. The third kappa shape index (κ3) is 5.54. The van der Waals surface area contributed by atoms with E-state index in [0.717, 1.165) is 56.6 Å². The Kier molecular flexibility index (Phi) is 7.25. The van der Waals surface area contributed by atoms with Gasteiger partial charge in [0.25, 0.3) is 5.91 Å². The van der Waals surface area contributed by atoms with E-state index >= 15 is 0 Å². The number of nitro benzene ring substituents is 1. The topological polar surface area (TPSA) is 117 Å². The Morgan fingerprint density at radius 1 is 1.14 bits per heavy atom. The number of benzene rings is 2. The van der Waals surface area contributed by atoms with Gasteiger partial charge < -0.3 is 24.8 Å². The zero-order chi connectivity index (χ0) is 25.1. The summed E-state index contributed by atoms with van der Waals surface area (Å²) in [6.45, 7) is 1.90. The lowest BCUT2D eigenvalue weighted by atomic mass is 9.93. The van der Waals surface area contributed by atoms with E-state index in [9.17, 15) is 14.9 Å². The van der Waals surface area contributed by atoms with Gasteiger partial charge in [-0.3, -0.25) is 14.9 Å². The van der Waals surface area contributed by atoms with E-state index in [1.165, 1.54) is 30.9 Å². The lowest BCUT2D eigenvalue weighted by molar-refractivity contribution is -0.386. The summed E-state index contributed by atoms with van der Waals surface area (Å²) in [6, 6.07) is 10.1. The predicted octanol–water partition coefficient (Wildman–Crippen LogP) is 5.21. The van der Waals surface area contributed by atoms with Crippen molar-refractivity contribution in [1.29, 1.82) is 0 Å². The SMILES string of the molecule is O=C(Nc1ccc([N+](=O)[O-])c(OC2CCC2)c1)c1ccc(NSCCO)cc1N1CCC2(CC1)CC2. The Bertz CT molecular complexity index is 1130. The number of nitrogens with zero attached hydrogens (tertiary/aromatic N) is 2. The number of anilines is 3. The number of nitrogens with one attached hydrogen (secondary N) is 2. The van der Waals surface area contributed by atoms with Gasteiger partial charge in [-0.1, -0.05) is 11.9 Å². The first-order valence-corrected chi connectivity index (χ1v) is 13.6. The standard InChI is InChI=1S/C26H32N4O5S/c31-14-15-36-28-19-4-6-21(23(16-19)29-12-10-26(8-9-26)11-13-29)25(32)27-18-5-7-22(30(33)34)24(17-18)35-20-2-1-3-20/h4-7,16-17,20,28,31H,1-3,8-15H2,(H,27,32). The highest BCUT2D eigenvalue weighted by molar-refractivity contribution is 8.00. The van der Waals surface area contributed by atoms with E-state index in [-0.39, 0.29) is 30.1 Å². The van der Waals surface area contributed by atoms with Crippen molar-refractivity contribution in [3.8, 4) is 5.75 Å². The lowest BCUT2D eigenvalue weighted by Gasteiger charge is -2.35. The fourth-order valence-electron chi connectivity index (χ4n) is 4.83. The minimum atomic E-state index is -0.457. The van der Waals surface area contributed by atoms with E-state index in [0.29, 0.717) is 22.4 Å². The zero-order valence-electron chi connectivity index (χ0n) is 20.2. The summed E-state index contributed by atoms with van der Waals surface area (Å²) in [5.74, 6) is 0.485. The molecular formula is C26H32N4O5S. The summed E-state index contributed by atoms with van der Waals surface area (Å²) >= 11 is 1.42. The van der Waals surface area contributed by atoms with Gasteiger partial charge >= 0.3 is 5.69 Å². The highest BCUT2D eigenvalue weighted by atomic mass is 32.2. The highest BCUT2D eigenvalue weighted by Gasteiger charge is 2.44. The van der Waals surface area contributed by atoms with E-state index in [4.69, 9.17) is 9.84 Å². The average Bonchev–Trinajstić information content (AvgIpc) is 3.60. The molecule has 1 amide bonds. The number of ether oxygens (including phenoxy) is 1. The van der Waals surface area contributed by atoms with Gasteiger partial charge in [-0.05, 0) is 74.6 Å². The average molecular weight is 513 g/mol. The largest absolute Gasteiger partial charge is 0.483 e. The van der Waals surface area contributed by atoms with Gasteiger partial charge in [-0.25, -0.2) is 0 Å². The summed E-state index contributed by atoms with van der Waals surface area (Å²) in [5.41, 5.74) is 3.17. The van der Waals surface area contributed by atoms with Gasteiger partial charge in [0, 0.05) is 42.3 Å². The summed E-state index contributed by atoms with van der Waals surface area (Å²) in [6.07, 6.45) is 7.68. The molecule has 9 nitrogen and oxygen atoms in total. The van der Waals surface area contributed by atoms with Crippen LogP contribution in [0.1, 0.15) is 55.3 Å². The maximum absolute atomic E-state index is 13.4. The predicted molar refractivity (Wildman–Crippen MR) is 142 cm³/mol. The number of aliphatic hydroxyl groups excluding tert-OH is 1. The summed E-state index contributed by atoms with van der Waals surface area (Å²) in [7, 11) is 0. The number of nitro groups is 1. The maximum Gasteiger partial charge on any atom is 0.311 e. The van der Waals surface area contributed by atoms with Crippen LogP contribution in [0.4, 0.5) is 22.7 Å². The fraction of sp³-hybridized carbons (Fsp3) is 0.500. The normalized spacial score (nSPS) is 18.4. The Hall–Kier alpha value is -2.98. The molecule has 2 saturated carbocycles. The molecule has 3 fully saturated rings. The zero-order valence-corrected chi connectivity index (χ0v) is 21.0. The molecule has 1 heterocycles. The molecule has 3 aliphatic rings. The smallest absolute Gasteiger partial charge is 0.311 e. The molecular weight excluding hydrogens is 480 g/mol. The van der Waals surface area contributed by atoms with Crippen molar-refractivity contribution in [1.82, 2.24) is 0 Å². The first kappa shape index (κ1) is 24.7. The molecule has 10 heteroatoms. The molecule has 2 aromatic carbocycles.